The van der Waals surface area contributed by atoms with Gasteiger partial charge in [-0.15, -0.1) is 0 Å². The van der Waals surface area contributed by atoms with Crippen LogP contribution in [0.2, 0.25) is 0 Å². The quantitative estimate of drug-likeness (QED) is 0.646. The molecule has 0 aromatic heterocycles. The number of aliphatic carboxylic acids is 1. The monoisotopic (exact) mass is 200 g/mol. The predicted octanol–water partition coefficient (Wildman–Crippen LogP) is 2.20. The Morgan fingerprint density at radius 2 is 2.14 bits per heavy atom. The molecule has 0 fully saturated rings. The van der Waals surface area contributed by atoms with Crippen molar-refractivity contribution in [1.82, 2.24) is 0 Å². The highest BCUT2D eigenvalue weighted by molar-refractivity contribution is 5.77. The average molecular weight is 200 g/mol. The molecule has 0 saturated heterocycles. The van der Waals surface area contributed by atoms with Crippen molar-refractivity contribution in [3.05, 3.63) is 12.2 Å². The first-order valence-electron chi connectivity index (χ1n) is 5.05. The first kappa shape index (κ1) is 13.2. The van der Waals surface area contributed by atoms with Gasteiger partial charge in [0.1, 0.15) is 0 Å². The van der Waals surface area contributed by atoms with E-state index in [9.17, 15) is 9.90 Å². The molecule has 0 aliphatic carbocycles. The lowest BCUT2D eigenvalue weighted by molar-refractivity contribution is -0.160. The molecule has 0 amide bonds. The van der Waals surface area contributed by atoms with Crippen LogP contribution < -0.4 is 0 Å². The van der Waals surface area contributed by atoms with Crippen molar-refractivity contribution < 1.29 is 15.0 Å². The predicted molar refractivity (Wildman–Crippen MR) is 56.1 cm³/mol. The van der Waals surface area contributed by atoms with Crippen molar-refractivity contribution in [3.8, 4) is 0 Å². The van der Waals surface area contributed by atoms with E-state index in [4.69, 9.17) is 5.11 Å². The molecule has 0 rings (SSSR count). The molecule has 82 valence electrons. The molecule has 3 nitrogen and oxygen atoms in total. The Morgan fingerprint density at radius 1 is 1.57 bits per heavy atom. The van der Waals surface area contributed by atoms with Gasteiger partial charge in [-0.1, -0.05) is 31.9 Å². The van der Waals surface area contributed by atoms with E-state index in [1.807, 2.05) is 13.8 Å². The Morgan fingerprint density at radius 3 is 2.50 bits per heavy atom. The molecule has 0 radical (unpaired) electrons. The van der Waals surface area contributed by atoms with Crippen LogP contribution >= 0.6 is 0 Å². The van der Waals surface area contributed by atoms with E-state index in [0.29, 0.717) is 6.42 Å². The third kappa shape index (κ3) is 3.50. The number of carboxylic acids is 1. The van der Waals surface area contributed by atoms with Crippen LogP contribution in [0.3, 0.4) is 0 Å². The van der Waals surface area contributed by atoms with Crippen molar-refractivity contribution in [3.63, 3.8) is 0 Å². The zero-order valence-corrected chi connectivity index (χ0v) is 9.16. The summed E-state index contributed by atoms with van der Waals surface area (Å²) in [4.78, 5) is 10.8. The summed E-state index contributed by atoms with van der Waals surface area (Å²) in [7, 11) is 0. The number of unbranched alkanes of at least 4 members (excludes halogenated alkanes) is 1. The summed E-state index contributed by atoms with van der Waals surface area (Å²) >= 11 is 0. The summed E-state index contributed by atoms with van der Waals surface area (Å²) in [6.07, 6.45) is 6.20. The van der Waals surface area contributed by atoms with E-state index in [1.54, 1.807) is 12.2 Å². The van der Waals surface area contributed by atoms with Gasteiger partial charge in [-0.25, -0.2) is 4.79 Å². The number of aliphatic hydroxyl groups is 1. The molecule has 0 aliphatic heterocycles. The Labute approximate surface area is 85.4 Å². The van der Waals surface area contributed by atoms with E-state index in [2.05, 4.69) is 0 Å². The maximum atomic E-state index is 10.8. The summed E-state index contributed by atoms with van der Waals surface area (Å²) in [5, 5.41) is 18.6. The van der Waals surface area contributed by atoms with Gasteiger partial charge in [0.25, 0.3) is 0 Å². The topological polar surface area (TPSA) is 57.5 Å². The van der Waals surface area contributed by atoms with E-state index in [-0.39, 0.29) is 5.92 Å². The molecule has 0 unspecified atom stereocenters. The molecule has 0 saturated carbocycles. The highest BCUT2D eigenvalue weighted by Gasteiger charge is 2.37. The van der Waals surface area contributed by atoms with Gasteiger partial charge in [-0.05, 0) is 20.3 Å². The molecular formula is C11H20O3. The van der Waals surface area contributed by atoms with E-state index in [1.165, 1.54) is 6.92 Å². The van der Waals surface area contributed by atoms with E-state index < -0.39 is 11.6 Å². The Bertz CT molecular complexity index is 207. The van der Waals surface area contributed by atoms with Crippen molar-refractivity contribution in [2.75, 3.05) is 0 Å². The molecule has 2 N–H and O–H groups in total. The maximum absolute atomic E-state index is 10.8. The minimum atomic E-state index is -1.65. The second kappa shape index (κ2) is 5.81. The molecule has 0 aliphatic rings. The van der Waals surface area contributed by atoms with Gasteiger partial charge >= 0.3 is 5.97 Å². The second-order valence-electron chi connectivity index (χ2n) is 3.73. The number of carbonyl (C=O) groups is 1. The summed E-state index contributed by atoms with van der Waals surface area (Å²) in [5.41, 5.74) is -1.65. The number of carboxylic acid groups (broad SMARTS) is 1. The van der Waals surface area contributed by atoms with Crippen LogP contribution in [0.4, 0.5) is 0 Å². The molecular weight excluding hydrogens is 180 g/mol. The largest absolute Gasteiger partial charge is 0.479 e. The zero-order chi connectivity index (χ0) is 11.2. The minimum absolute atomic E-state index is 0.301. The lowest BCUT2D eigenvalue weighted by Gasteiger charge is -2.26. The van der Waals surface area contributed by atoms with E-state index in [0.717, 1.165) is 12.8 Å². The normalized spacial score (nSPS) is 18.0. The third-order valence-corrected chi connectivity index (χ3v) is 2.45. The zero-order valence-electron chi connectivity index (χ0n) is 9.16. The second-order valence-corrected chi connectivity index (χ2v) is 3.73. The van der Waals surface area contributed by atoms with Crippen LogP contribution in [0.25, 0.3) is 0 Å². The van der Waals surface area contributed by atoms with Crippen LogP contribution in [0.1, 0.15) is 40.0 Å². The summed E-state index contributed by atoms with van der Waals surface area (Å²) in [6, 6.07) is 0. The fourth-order valence-electron chi connectivity index (χ4n) is 1.38. The van der Waals surface area contributed by atoms with Gasteiger partial charge in [-0.3, -0.25) is 0 Å². The van der Waals surface area contributed by atoms with Gasteiger partial charge < -0.3 is 10.2 Å². The molecule has 2 atom stereocenters. The minimum Gasteiger partial charge on any atom is -0.479 e. The maximum Gasteiger partial charge on any atom is 0.336 e. The van der Waals surface area contributed by atoms with E-state index >= 15 is 0 Å². The number of hydrogen-bond donors (Lipinski definition) is 2. The van der Waals surface area contributed by atoms with Gasteiger partial charge in [0, 0.05) is 5.92 Å². The molecule has 0 aromatic carbocycles. The third-order valence-electron chi connectivity index (χ3n) is 2.45. The lowest BCUT2D eigenvalue weighted by atomic mass is 9.85. The lowest BCUT2D eigenvalue weighted by Crippen LogP contribution is -2.42. The van der Waals surface area contributed by atoms with Crippen molar-refractivity contribution in [2.24, 2.45) is 5.92 Å². The highest BCUT2D eigenvalue weighted by Crippen LogP contribution is 2.24. The van der Waals surface area contributed by atoms with Crippen LogP contribution in [0, 0.1) is 5.92 Å². The molecule has 0 aromatic rings. The van der Waals surface area contributed by atoms with Crippen LogP contribution in [0.15, 0.2) is 12.2 Å². The Balaban J connectivity index is 4.54. The Kier molecular flexibility index (Phi) is 5.46. The van der Waals surface area contributed by atoms with Crippen molar-refractivity contribution >= 4 is 5.97 Å². The molecule has 0 bridgehead atoms. The molecule has 0 spiro atoms. The Hall–Kier alpha value is -0.830. The fourth-order valence-corrected chi connectivity index (χ4v) is 1.38. The fraction of sp³-hybridized carbons (Fsp3) is 0.727. The summed E-state index contributed by atoms with van der Waals surface area (Å²) < 4.78 is 0. The molecule has 3 heteroatoms. The number of hydrogen-bond acceptors (Lipinski definition) is 2. The SMILES string of the molecule is C/C=C/[C@@H](CCCC)[C@](C)(O)C(=O)O. The van der Waals surface area contributed by atoms with Gasteiger partial charge in [-0.2, -0.15) is 0 Å². The smallest absolute Gasteiger partial charge is 0.336 e. The summed E-state index contributed by atoms with van der Waals surface area (Å²) in [6.45, 7) is 5.23. The van der Waals surface area contributed by atoms with Gasteiger partial charge in [0.05, 0.1) is 0 Å². The first-order chi connectivity index (χ1) is 6.46. The van der Waals surface area contributed by atoms with Crippen LogP contribution in [-0.4, -0.2) is 21.8 Å². The van der Waals surface area contributed by atoms with Gasteiger partial charge in [0.15, 0.2) is 5.60 Å². The van der Waals surface area contributed by atoms with Crippen LogP contribution in [0.5, 0.6) is 0 Å². The molecule has 0 heterocycles. The average Bonchev–Trinajstić information content (AvgIpc) is 2.11. The molecule has 14 heavy (non-hydrogen) atoms. The summed E-state index contributed by atoms with van der Waals surface area (Å²) in [5.74, 6) is -1.46. The van der Waals surface area contributed by atoms with Crippen LogP contribution in [-0.2, 0) is 4.79 Å². The standard InChI is InChI=1S/C11H20O3/c1-4-6-8-9(7-5-2)11(3,14)10(12)13/h5,7,9,14H,4,6,8H2,1-3H3,(H,12,13)/b7-5+/t9-,11-/m0/s1. The number of allylic oxidation sites excluding steroid dienone is 1. The highest BCUT2D eigenvalue weighted by atomic mass is 16.4. The van der Waals surface area contributed by atoms with Crippen molar-refractivity contribution in [1.29, 1.82) is 0 Å². The van der Waals surface area contributed by atoms with Crippen molar-refractivity contribution in [2.45, 2.75) is 45.6 Å². The number of rotatable bonds is 6. The van der Waals surface area contributed by atoms with Gasteiger partial charge in [0.2, 0.25) is 0 Å². The first-order valence-corrected chi connectivity index (χ1v) is 5.05.